The first kappa shape index (κ1) is 35.6. The van der Waals surface area contributed by atoms with E-state index < -0.39 is 60.6 Å². The van der Waals surface area contributed by atoms with E-state index in [4.69, 9.17) is 18.9 Å². The fraction of sp³-hybridized carbons (Fsp3) is 0.548. The number of aliphatic hydroxyl groups excluding tert-OH is 3. The van der Waals surface area contributed by atoms with E-state index in [1.165, 1.54) is 13.0 Å². The predicted octanol–water partition coefficient (Wildman–Crippen LogP) is 3.41. The van der Waals surface area contributed by atoms with Crippen molar-refractivity contribution < 1.29 is 48.4 Å². The minimum atomic E-state index is -2.20. The minimum absolute atomic E-state index is 0.0428. The molecule has 0 radical (unpaired) electrons. The van der Waals surface area contributed by atoms with Gasteiger partial charge in [0.2, 0.25) is 10.6 Å². The summed E-state index contributed by atoms with van der Waals surface area (Å²) >= 11 is -2.20. The molecular formula is C31H44N2O10S. The number of benzene rings is 2. The van der Waals surface area contributed by atoms with Gasteiger partial charge < -0.3 is 44.1 Å². The molecule has 2 unspecified atom stereocenters. The van der Waals surface area contributed by atoms with Gasteiger partial charge in [0.05, 0.1) is 29.2 Å². The normalized spacial score (nSPS) is 22.2. The Kier molecular flexibility index (Phi) is 14.7. The molecule has 0 spiro atoms. The molecule has 13 heteroatoms. The first-order chi connectivity index (χ1) is 21.2. The van der Waals surface area contributed by atoms with E-state index in [9.17, 15) is 29.5 Å². The first-order valence-electron chi connectivity index (χ1n) is 15.0. The first-order valence-corrected chi connectivity index (χ1v) is 16.1. The van der Waals surface area contributed by atoms with Crippen LogP contribution in [0.15, 0.2) is 47.4 Å². The van der Waals surface area contributed by atoms with Crippen molar-refractivity contribution in [1.82, 2.24) is 4.72 Å². The summed E-state index contributed by atoms with van der Waals surface area (Å²) in [4.78, 5) is 24.5. The van der Waals surface area contributed by atoms with Gasteiger partial charge in [-0.25, -0.2) is 4.79 Å². The molecule has 1 saturated heterocycles. The summed E-state index contributed by atoms with van der Waals surface area (Å²) in [6.07, 6.45) is -2.18. The van der Waals surface area contributed by atoms with E-state index >= 15 is 0 Å². The number of para-hydroxylation sites is 1. The minimum Gasteiger partial charge on any atom is -0.593 e. The monoisotopic (exact) mass is 636 g/mol. The van der Waals surface area contributed by atoms with Crippen molar-refractivity contribution in [1.29, 1.82) is 0 Å². The summed E-state index contributed by atoms with van der Waals surface area (Å²) in [5.41, 5.74) is 0.541. The molecule has 0 amide bonds. The van der Waals surface area contributed by atoms with E-state index in [1.807, 2.05) is 13.0 Å². The van der Waals surface area contributed by atoms with Crippen molar-refractivity contribution in [2.24, 2.45) is 0 Å². The molecule has 3 rings (SSSR count). The lowest BCUT2D eigenvalue weighted by molar-refractivity contribution is -0.234. The van der Waals surface area contributed by atoms with Gasteiger partial charge in [0.15, 0.2) is 6.23 Å². The molecule has 1 aliphatic rings. The SMILES string of the molecule is CCCCCCOC(=O)c1cc(NCCCC)c(Oc2ccccc2)c([S+]([O-])NC2O[C@H](COC(C)=O)[C@@H](O)[C@H](O)[C@H]2O)c1. The third kappa shape index (κ3) is 10.3. The van der Waals surface area contributed by atoms with Crippen LogP contribution in [0.25, 0.3) is 0 Å². The van der Waals surface area contributed by atoms with Gasteiger partial charge in [-0.1, -0.05) is 57.7 Å². The van der Waals surface area contributed by atoms with Gasteiger partial charge in [-0.3, -0.25) is 4.79 Å². The van der Waals surface area contributed by atoms with Crippen LogP contribution in [0.4, 0.5) is 5.69 Å². The zero-order valence-corrected chi connectivity index (χ0v) is 26.2. The number of carbonyl (C=O) groups is 2. The van der Waals surface area contributed by atoms with Crippen molar-refractivity contribution in [3.05, 3.63) is 48.0 Å². The van der Waals surface area contributed by atoms with E-state index in [-0.39, 0.29) is 22.8 Å². The summed E-state index contributed by atoms with van der Waals surface area (Å²) in [7, 11) is 0. The number of rotatable bonds is 17. The van der Waals surface area contributed by atoms with Crippen molar-refractivity contribution in [2.45, 2.75) is 94.8 Å². The maximum Gasteiger partial charge on any atom is 0.338 e. The van der Waals surface area contributed by atoms with Crippen LogP contribution in [0.3, 0.4) is 0 Å². The van der Waals surface area contributed by atoms with Crippen molar-refractivity contribution >= 4 is 29.0 Å². The molecule has 0 saturated carbocycles. The van der Waals surface area contributed by atoms with Gasteiger partial charge in [-0.15, -0.1) is 4.72 Å². The lowest BCUT2D eigenvalue weighted by Gasteiger charge is -2.40. The molecule has 1 aliphatic heterocycles. The molecule has 2 aromatic rings. The molecular weight excluding hydrogens is 592 g/mol. The van der Waals surface area contributed by atoms with Crippen LogP contribution in [0.2, 0.25) is 0 Å². The molecule has 6 atom stereocenters. The Bertz CT molecular complexity index is 1190. The van der Waals surface area contributed by atoms with Gasteiger partial charge in [0.25, 0.3) is 0 Å². The highest BCUT2D eigenvalue weighted by Crippen LogP contribution is 2.38. The van der Waals surface area contributed by atoms with E-state index in [1.54, 1.807) is 30.3 Å². The van der Waals surface area contributed by atoms with Crippen molar-refractivity contribution in [2.75, 3.05) is 25.1 Å². The van der Waals surface area contributed by atoms with E-state index in [0.29, 0.717) is 18.0 Å². The maximum absolute atomic E-state index is 13.9. The number of hydrogen-bond acceptors (Lipinski definition) is 12. The molecule has 1 fully saturated rings. The maximum atomic E-state index is 13.9. The average Bonchev–Trinajstić information content (AvgIpc) is 3.01. The lowest BCUT2D eigenvalue weighted by Crippen LogP contribution is -2.63. The highest BCUT2D eigenvalue weighted by Gasteiger charge is 2.46. The third-order valence-electron chi connectivity index (χ3n) is 6.92. The smallest absolute Gasteiger partial charge is 0.338 e. The van der Waals surface area contributed by atoms with Gasteiger partial charge in [0.1, 0.15) is 36.8 Å². The number of aliphatic hydroxyl groups is 3. The number of esters is 2. The molecule has 0 bridgehead atoms. The summed E-state index contributed by atoms with van der Waals surface area (Å²) < 4.78 is 38.9. The average molecular weight is 637 g/mol. The second-order valence-corrected chi connectivity index (χ2v) is 11.7. The molecule has 2 aromatic carbocycles. The zero-order chi connectivity index (χ0) is 32.1. The molecule has 0 aliphatic carbocycles. The second-order valence-electron chi connectivity index (χ2n) is 10.5. The number of nitrogens with one attached hydrogen (secondary N) is 2. The Morgan fingerprint density at radius 2 is 1.68 bits per heavy atom. The molecule has 5 N–H and O–H groups in total. The molecule has 0 aromatic heterocycles. The van der Waals surface area contributed by atoms with Gasteiger partial charge in [-0.05, 0) is 31.0 Å². The van der Waals surface area contributed by atoms with Gasteiger partial charge >= 0.3 is 11.9 Å². The standard InChI is InChI=1S/C31H44N2O10S/c1-4-6-8-12-16-40-31(38)21-17-23(32-15-7-5-2)29(42-22-13-10-9-11-14-22)25(18-21)44(39)33-30-28(37)27(36)26(35)24(43-30)19-41-20(3)34/h9-11,13-14,17-18,24,26-28,30,32-33,35-37H,4-8,12,15-16,19H2,1-3H3/t24-,26-,27+,28-,30?,44?/m1/s1. The zero-order valence-electron chi connectivity index (χ0n) is 25.4. The number of ether oxygens (including phenoxy) is 4. The topological polar surface area (TPSA) is 179 Å². The Morgan fingerprint density at radius 3 is 2.36 bits per heavy atom. The Morgan fingerprint density at radius 1 is 0.955 bits per heavy atom. The summed E-state index contributed by atoms with van der Waals surface area (Å²) in [5.74, 6) is -0.614. The second kappa shape index (κ2) is 18.2. The Balaban J connectivity index is 1.96. The Labute approximate surface area is 261 Å². The van der Waals surface area contributed by atoms with E-state index in [2.05, 4.69) is 17.0 Å². The molecule has 44 heavy (non-hydrogen) atoms. The van der Waals surface area contributed by atoms with Crippen molar-refractivity contribution in [3.63, 3.8) is 0 Å². The molecule has 12 nitrogen and oxygen atoms in total. The van der Waals surface area contributed by atoms with E-state index in [0.717, 1.165) is 38.5 Å². The van der Waals surface area contributed by atoms with Gasteiger partial charge in [-0.2, -0.15) is 0 Å². The third-order valence-corrected chi connectivity index (χ3v) is 8.07. The highest BCUT2D eigenvalue weighted by molar-refractivity contribution is 7.89. The van der Waals surface area contributed by atoms with Gasteiger partial charge in [0, 0.05) is 19.5 Å². The number of unbranched alkanes of at least 4 members (excludes halogenated alkanes) is 4. The number of hydrogen-bond donors (Lipinski definition) is 5. The Hall–Kier alpha value is -2.91. The fourth-order valence-electron chi connectivity index (χ4n) is 4.43. The van der Waals surface area contributed by atoms with Crippen LogP contribution in [-0.2, 0) is 30.4 Å². The predicted molar refractivity (Wildman–Crippen MR) is 164 cm³/mol. The van der Waals surface area contributed by atoms with Crippen LogP contribution >= 0.6 is 0 Å². The van der Waals surface area contributed by atoms with Crippen LogP contribution < -0.4 is 14.8 Å². The summed E-state index contributed by atoms with van der Waals surface area (Å²) in [5, 5.41) is 34.7. The fourth-order valence-corrected chi connectivity index (χ4v) is 5.52. The summed E-state index contributed by atoms with van der Waals surface area (Å²) in [6.45, 7) is 5.68. The van der Waals surface area contributed by atoms with Crippen LogP contribution in [-0.4, -0.2) is 82.2 Å². The lowest BCUT2D eigenvalue weighted by atomic mass is 9.99. The largest absolute Gasteiger partial charge is 0.593 e. The molecule has 1 heterocycles. The summed E-state index contributed by atoms with van der Waals surface area (Å²) in [6, 6.07) is 11.8. The van der Waals surface area contributed by atoms with Crippen LogP contribution in [0, 0.1) is 0 Å². The highest BCUT2D eigenvalue weighted by atomic mass is 32.2. The van der Waals surface area contributed by atoms with Crippen LogP contribution in [0.1, 0.15) is 69.7 Å². The van der Waals surface area contributed by atoms with Crippen molar-refractivity contribution in [3.8, 4) is 11.5 Å². The molecule has 244 valence electrons. The quantitative estimate of drug-likeness (QED) is 0.0972. The number of anilines is 1. The number of carbonyl (C=O) groups excluding carboxylic acids is 2. The van der Waals surface area contributed by atoms with Crippen LogP contribution in [0.5, 0.6) is 11.5 Å².